The van der Waals surface area contributed by atoms with E-state index in [4.69, 9.17) is 12.2 Å². The number of H-pyrrole nitrogens is 1. The summed E-state index contributed by atoms with van der Waals surface area (Å²) in [5.41, 5.74) is 2.02. The van der Waals surface area contributed by atoms with E-state index in [1.807, 2.05) is 48.8 Å². The SMILES string of the molecule is S=C(Nc1ccccc1)c1cc[nH]c1. The summed E-state index contributed by atoms with van der Waals surface area (Å²) in [5.74, 6) is 0. The minimum atomic E-state index is 0.734. The number of anilines is 1. The molecule has 14 heavy (non-hydrogen) atoms. The van der Waals surface area contributed by atoms with Crippen molar-refractivity contribution in [2.24, 2.45) is 0 Å². The second-order valence-electron chi connectivity index (χ2n) is 2.92. The molecular weight excluding hydrogens is 192 g/mol. The van der Waals surface area contributed by atoms with E-state index >= 15 is 0 Å². The summed E-state index contributed by atoms with van der Waals surface area (Å²) in [6.45, 7) is 0. The molecular formula is C11H10N2S. The third kappa shape index (κ3) is 2.00. The highest BCUT2D eigenvalue weighted by Crippen LogP contribution is 2.08. The highest BCUT2D eigenvalue weighted by molar-refractivity contribution is 7.81. The maximum absolute atomic E-state index is 5.23. The fraction of sp³-hybridized carbons (Fsp3) is 0. The highest BCUT2D eigenvalue weighted by atomic mass is 32.1. The molecule has 2 nitrogen and oxygen atoms in total. The van der Waals surface area contributed by atoms with Crippen LogP contribution in [0.5, 0.6) is 0 Å². The molecule has 0 aliphatic heterocycles. The average molecular weight is 202 g/mol. The Morgan fingerprint density at radius 1 is 1.14 bits per heavy atom. The fourth-order valence-corrected chi connectivity index (χ4v) is 1.43. The van der Waals surface area contributed by atoms with Gasteiger partial charge in [-0.25, -0.2) is 0 Å². The van der Waals surface area contributed by atoms with E-state index in [2.05, 4.69) is 10.3 Å². The molecule has 0 bridgehead atoms. The molecule has 0 fully saturated rings. The van der Waals surface area contributed by atoms with Gasteiger partial charge in [-0.15, -0.1) is 0 Å². The Balaban J connectivity index is 2.10. The van der Waals surface area contributed by atoms with E-state index in [9.17, 15) is 0 Å². The van der Waals surface area contributed by atoms with Crippen molar-refractivity contribution in [1.29, 1.82) is 0 Å². The van der Waals surface area contributed by atoms with Crippen LogP contribution >= 0.6 is 12.2 Å². The lowest BCUT2D eigenvalue weighted by molar-refractivity contribution is 1.41. The van der Waals surface area contributed by atoms with Gasteiger partial charge < -0.3 is 10.3 Å². The summed E-state index contributed by atoms with van der Waals surface area (Å²) in [7, 11) is 0. The Kier molecular flexibility index (Phi) is 2.60. The van der Waals surface area contributed by atoms with Gasteiger partial charge in [0.1, 0.15) is 4.99 Å². The predicted octanol–water partition coefficient (Wildman–Crippen LogP) is 2.80. The number of aromatic amines is 1. The first-order valence-electron chi connectivity index (χ1n) is 4.35. The van der Waals surface area contributed by atoms with Crippen molar-refractivity contribution in [3.63, 3.8) is 0 Å². The van der Waals surface area contributed by atoms with Crippen molar-refractivity contribution in [1.82, 2.24) is 4.98 Å². The zero-order valence-electron chi connectivity index (χ0n) is 7.53. The first kappa shape index (κ1) is 8.97. The van der Waals surface area contributed by atoms with E-state index in [-0.39, 0.29) is 0 Å². The fourth-order valence-electron chi connectivity index (χ4n) is 1.19. The van der Waals surface area contributed by atoms with Crippen LogP contribution in [-0.2, 0) is 0 Å². The van der Waals surface area contributed by atoms with Gasteiger partial charge in [-0.05, 0) is 18.2 Å². The number of hydrogen-bond acceptors (Lipinski definition) is 1. The number of thiocarbonyl (C=S) groups is 1. The molecule has 0 atom stereocenters. The van der Waals surface area contributed by atoms with E-state index in [0.29, 0.717) is 0 Å². The van der Waals surface area contributed by atoms with E-state index in [0.717, 1.165) is 16.2 Å². The topological polar surface area (TPSA) is 27.8 Å². The molecule has 0 saturated carbocycles. The van der Waals surface area contributed by atoms with Crippen LogP contribution < -0.4 is 5.32 Å². The van der Waals surface area contributed by atoms with Crippen LogP contribution in [0.4, 0.5) is 5.69 Å². The molecule has 0 saturated heterocycles. The molecule has 0 unspecified atom stereocenters. The number of hydrogen-bond donors (Lipinski definition) is 2. The smallest absolute Gasteiger partial charge is 0.112 e. The Bertz CT molecular complexity index is 406. The van der Waals surface area contributed by atoms with Gasteiger partial charge in [-0.2, -0.15) is 0 Å². The zero-order valence-corrected chi connectivity index (χ0v) is 8.34. The third-order valence-corrected chi connectivity index (χ3v) is 2.23. The number of aromatic nitrogens is 1. The molecule has 0 aliphatic carbocycles. The maximum Gasteiger partial charge on any atom is 0.112 e. The molecule has 0 spiro atoms. The summed E-state index contributed by atoms with van der Waals surface area (Å²) in [4.78, 5) is 3.70. The summed E-state index contributed by atoms with van der Waals surface area (Å²) < 4.78 is 0. The Labute approximate surface area is 88.0 Å². The van der Waals surface area contributed by atoms with E-state index < -0.39 is 0 Å². The summed E-state index contributed by atoms with van der Waals surface area (Å²) in [5, 5.41) is 3.16. The van der Waals surface area contributed by atoms with Crippen LogP contribution in [0.15, 0.2) is 48.8 Å². The Morgan fingerprint density at radius 3 is 2.57 bits per heavy atom. The molecule has 1 heterocycles. The van der Waals surface area contributed by atoms with Gasteiger partial charge in [0, 0.05) is 23.6 Å². The first-order chi connectivity index (χ1) is 6.86. The zero-order chi connectivity index (χ0) is 9.80. The number of nitrogens with one attached hydrogen (secondary N) is 2. The Hall–Kier alpha value is -1.61. The van der Waals surface area contributed by atoms with Gasteiger partial charge in [0.25, 0.3) is 0 Å². The van der Waals surface area contributed by atoms with Crippen LogP contribution in [0.2, 0.25) is 0 Å². The van der Waals surface area contributed by atoms with Crippen molar-refractivity contribution < 1.29 is 0 Å². The number of benzene rings is 1. The summed E-state index contributed by atoms with van der Waals surface area (Å²) in [6.07, 6.45) is 3.73. The second-order valence-corrected chi connectivity index (χ2v) is 3.33. The van der Waals surface area contributed by atoms with Crippen LogP contribution in [-0.4, -0.2) is 9.97 Å². The normalized spacial score (nSPS) is 9.71. The minimum Gasteiger partial charge on any atom is -0.367 e. The molecule has 3 heteroatoms. The highest BCUT2D eigenvalue weighted by Gasteiger charge is 2.00. The third-order valence-electron chi connectivity index (χ3n) is 1.89. The van der Waals surface area contributed by atoms with Crippen molar-refractivity contribution in [2.45, 2.75) is 0 Å². The van der Waals surface area contributed by atoms with E-state index in [1.165, 1.54) is 0 Å². The number of rotatable bonds is 2. The van der Waals surface area contributed by atoms with Gasteiger partial charge in [0.15, 0.2) is 0 Å². The predicted molar refractivity (Wildman–Crippen MR) is 62.6 cm³/mol. The molecule has 0 radical (unpaired) electrons. The largest absolute Gasteiger partial charge is 0.367 e. The molecule has 1 aromatic carbocycles. The first-order valence-corrected chi connectivity index (χ1v) is 4.76. The van der Waals surface area contributed by atoms with Crippen LogP contribution in [0.1, 0.15) is 5.56 Å². The molecule has 2 rings (SSSR count). The molecule has 2 N–H and O–H groups in total. The molecule has 0 amide bonds. The maximum atomic E-state index is 5.23. The molecule has 0 aliphatic rings. The van der Waals surface area contributed by atoms with Crippen LogP contribution in [0.25, 0.3) is 0 Å². The quantitative estimate of drug-likeness (QED) is 0.733. The molecule has 1 aromatic heterocycles. The average Bonchev–Trinajstić information content (AvgIpc) is 2.72. The van der Waals surface area contributed by atoms with Gasteiger partial charge in [-0.3, -0.25) is 0 Å². The molecule has 2 aromatic rings. The van der Waals surface area contributed by atoms with Gasteiger partial charge >= 0.3 is 0 Å². The summed E-state index contributed by atoms with van der Waals surface area (Å²) >= 11 is 5.23. The van der Waals surface area contributed by atoms with Crippen LogP contribution in [0.3, 0.4) is 0 Å². The second kappa shape index (κ2) is 4.07. The van der Waals surface area contributed by atoms with E-state index in [1.54, 1.807) is 0 Å². The lowest BCUT2D eigenvalue weighted by Crippen LogP contribution is -2.08. The van der Waals surface area contributed by atoms with Gasteiger partial charge in [0.2, 0.25) is 0 Å². The standard InChI is InChI=1S/C11H10N2S/c14-11(9-6-7-12-8-9)13-10-4-2-1-3-5-10/h1-8,12H,(H,13,14). The van der Waals surface area contributed by atoms with Crippen LogP contribution in [0, 0.1) is 0 Å². The molecule has 70 valence electrons. The summed E-state index contributed by atoms with van der Waals surface area (Å²) in [6, 6.07) is 11.8. The monoisotopic (exact) mass is 202 g/mol. The van der Waals surface area contributed by atoms with Gasteiger partial charge in [-0.1, -0.05) is 30.4 Å². The van der Waals surface area contributed by atoms with Gasteiger partial charge in [0.05, 0.1) is 0 Å². The van der Waals surface area contributed by atoms with Crippen molar-refractivity contribution in [2.75, 3.05) is 5.32 Å². The number of para-hydroxylation sites is 1. The van der Waals surface area contributed by atoms with Crippen molar-refractivity contribution >= 4 is 22.9 Å². The van der Waals surface area contributed by atoms with Crippen molar-refractivity contribution in [3.8, 4) is 0 Å². The minimum absolute atomic E-state index is 0.734. The lowest BCUT2D eigenvalue weighted by atomic mass is 10.3. The Morgan fingerprint density at radius 2 is 1.93 bits per heavy atom. The lowest BCUT2D eigenvalue weighted by Gasteiger charge is -2.05. The van der Waals surface area contributed by atoms with Crippen molar-refractivity contribution in [3.05, 3.63) is 54.4 Å².